The molecule has 0 saturated heterocycles. The first-order valence-corrected chi connectivity index (χ1v) is 7.30. The Hall–Kier alpha value is -2.34. The molecule has 0 saturated carbocycles. The number of benzene rings is 1. The molecular formula is C15H16N2O3S. The van der Waals surface area contributed by atoms with Crippen molar-refractivity contribution in [2.75, 3.05) is 6.61 Å². The van der Waals surface area contributed by atoms with Crippen LogP contribution in [-0.2, 0) is 4.79 Å². The van der Waals surface area contributed by atoms with Crippen molar-refractivity contribution < 1.29 is 14.3 Å². The minimum Gasteiger partial charge on any atom is -0.483 e. The fourth-order valence-electron chi connectivity index (χ4n) is 1.81. The molecule has 0 unspecified atom stereocenters. The second-order valence-electron chi connectivity index (χ2n) is 4.46. The summed E-state index contributed by atoms with van der Waals surface area (Å²) >= 11 is 1.58. The summed E-state index contributed by atoms with van der Waals surface area (Å²) in [5.41, 5.74) is 5.43. The summed E-state index contributed by atoms with van der Waals surface area (Å²) in [5.74, 6) is -0.500. The molecule has 3 N–H and O–H groups in total. The molecule has 0 fully saturated rings. The highest BCUT2D eigenvalue weighted by Crippen LogP contribution is 2.21. The number of thiophene rings is 1. The lowest BCUT2D eigenvalue weighted by Gasteiger charge is -2.14. The van der Waals surface area contributed by atoms with Crippen LogP contribution in [0.3, 0.4) is 0 Å². The van der Waals surface area contributed by atoms with Crippen LogP contribution in [0.4, 0.5) is 0 Å². The molecule has 1 aromatic heterocycles. The molecule has 110 valence electrons. The summed E-state index contributed by atoms with van der Waals surface area (Å²) in [6.45, 7) is 1.65. The number of para-hydroxylation sites is 1. The molecule has 0 aliphatic heterocycles. The van der Waals surface area contributed by atoms with Crippen molar-refractivity contribution in [2.24, 2.45) is 5.73 Å². The molecule has 1 atom stereocenters. The predicted octanol–water partition coefficient (Wildman–Crippen LogP) is 2.10. The van der Waals surface area contributed by atoms with E-state index in [2.05, 4.69) is 5.32 Å². The van der Waals surface area contributed by atoms with Gasteiger partial charge in [0.25, 0.3) is 11.8 Å². The predicted molar refractivity (Wildman–Crippen MR) is 81.3 cm³/mol. The van der Waals surface area contributed by atoms with Crippen LogP contribution in [0.25, 0.3) is 0 Å². The number of hydrogen-bond donors (Lipinski definition) is 2. The van der Waals surface area contributed by atoms with Crippen LogP contribution in [-0.4, -0.2) is 18.4 Å². The first kappa shape index (κ1) is 15.1. The molecule has 0 spiro atoms. The molecule has 2 amide bonds. The Morgan fingerprint density at radius 1 is 1.29 bits per heavy atom. The minimum absolute atomic E-state index is 0.0957. The van der Waals surface area contributed by atoms with Gasteiger partial charge in [-0.1, -0.05) is 18.2 Å². The number of nitrogens with two attached hydrogens (primary N) is 1. The summed E-state index contributed by atoms with van der Waals surface area (Å²) in [6, 6.07) is 10.6. The molecule has 6 heteroatoms. The van der Waals surface area contributed by atoms with E-state index in [9.17, 15) is 9.59 Å². The van der Waals surface area contributed by atoms with Gasteiger partial charge in [0.2, 0.25) is 0 Å². The van der Waals surface area contributed by atoms with Crippen molar-refractivity contribution in [2.45, 2.75) is 13.0 Å². The Balaban J connectivity index is 2.10. The van der Waals surface area contributed by atoms with Crippen LogP contribution in [0, 0.1) is 0 Å². The molecule has 0 aliphatic rings. The number of amides is 2. The molecule has 0 radical (unpaired) electrons. The molecule has 21 heavy (non-hydrogen) atoms. The lowest BCUT2D eigenvalue weighted by molar-refractivity contribution is -0.119. The van der Waals surface area contributed by atoms with Gasteiger partial charge in [-0.25, -0.2) is 0 Å². The van der Waals surface area contributed by atoms with Crippen molar-refractivity contribution in [1.82, 2.24) is 5.32 Å². The number of rotatable bonds is 6. The molecule has 0 aliphatic carbocycles. The van der Waals surface area contributed by atoms with Crippen molar-refractivity contribution >= 4 is 23.2 Å². The Morgan fingerprint density at radius 2 is 2.05 bits per heavy atom. The van der Waals surface area contributed by atoms with Crippen LogP contribution in [0.15, 0.2) is 41.8 Å². The average Bonchev–Trinajstić information content (AvgIpc) is 2.99. The van der Waals surface area contributed by atoms with E-state index < -0.39 is 5.91 Å². The highest BCUT2D eigenvalue weighted by atomic mass is 32.1. The third kappa shape index (κ3) is 4.06. The normalized spacial score (nSPS) is 11.7. The lowest BCUT2D eigenvalue weighted by Crippen LogP contribution is -2.27. The largest absolute Gasteiger partial charge is 0.483 e. The van der Waals surface area contributed by atoms with Crippen LogP contribution in [0.5, 0.6) is 5.75 Å². The molecule has 2 aromatic rings. The van der Waals surface area contributed by atoms with Crippen molar-refractivity contribution in [3.63, 3.8) is 0 Å². The van der Waals surface area contributed by atoms with E-state index in [1.807, 2.05) is 24.4 Å². The van der Waals surface area contributed by atoms with Crippen molar-refractivity contribution in [3.05, 3.63) is 52.2 Å². The van der Waals surface area contributed by atoms with Crippen LogP contribution >= 0.6 is 11.3 Å². The Kier molecular flexibility index (Phi) is 4.94. The summed E-state index contributed by atoms with van der Waals surface area (Å²) in [5, 5.41) is 4.86. The number of primary amides is 1. The number of carbonyl (C=O) groups excluding carboxylic acids is 2. The second kappa shape index (κ2) is 6.90. The number of ether oxygens (including phenoxy) is 1. The smallest absolute Gasteiger partial charge is 0.255 e. The molecule has 1 heterocycles. The lowest BCUT2D eigenvalue weighted by atomic mass is 10.1. The van der Waals surface area contributed by atoms with Gasteiger partial charge in [0.15, 0.2) is 6.61 Å². The van der Waals surface area contributed by atoms with Gasteiger partial charge in [-0.2, -0.15) is 0 Å². The fraction of sp³-hybridized carbons (Fsp3) is 0.200. The van der Waals surface area contributed by atoms with Crippen LogP contribution in [0.2, 0.25) is 0 Å². The van der Waals surface area contributed by atoms with Gasteiger partial charge < -0.3 is 15.8 Å². The maximum atomic E-state index is 12.3. The van der Waals surface area contributed by atoms with Crippen molar-refractivity contribution in [1.29, 1.82) is 0 Å². The van der Waals surface area contributed by atoms with E-state index in [1.165, 1.54) is 0 Å². The highest BCUT2D eigenvalue weighted by molar-refractivity contribution is 7.10. The minimum atomic E-state index is -0.586. The standard InChI is InChI=1S/C15H16N2O3S/c1-10(13-7-4-8-21-13)17-15(19)11-5-2-3-6-12(11)20-9-14(16)18/h2-8,10H,9H2,1H3,(H2,16,18)(H,17,19)/t10-/m0/s1. The summed E-state index contributed by atoms with van der Waals surface area (Å²) in [4.78, 5) is 24.2. The monoisotopic (exact) mass is 304 g/mol. The fourth-order valence-corrected chi connectivity index (χ4v) is 2.55. The summed E-state index contributed by atoms with van der Waals surface area (Å²) in [6.07, 6.45) is 0. The quantitative estimate of drug-likeness (QED) is 0.857. The summed E-state index contributed by atoms with van der Waals surface area (Å²) < 4.78 is 5.26. The van der Waals surface area contributed by atoms with Crippen LogP contribution in [0.1, 0.15) is 28.2 Å². The van der Waals surface area contributed by atoms with Gasteiger partial charge in [-0.3, -0.25) is 9.59 Å². The van der Waals surface area contributed by atoms with E-state index in [-0.39, 0.29) is 18.6 Å². The van der Waals surface area contributed by atoms with Crippen molar-refractivity contribution in [3.8, 4) is 5.75 Å². The third-order valence-electron chi connectivity index (χ3n) is 2.82. The molecular weight excluding hydrogens is 288 g/mol. The van der Waals surface area contributed by atoms with E-state index in [0.29, 0.717) is 11.3 Å². The third-order valence-corrected chi connectivity index (χ3v) is 3.87. The zero-order valence-electron chi connectivity index (χ0n) is 11.5. The zero-order valence-corrected chi connectivity index (χ0v) is 12.4. The van der Waals surface area contributed by atoms with E-state index >= 15 is 0 Å². The Bertz CT molecular complexity index is 626. The second-order valence-corrected chi connectivity index (χ2v) is 5.44. The van der Waals surface area contributed by atoms with Gasteiger partial charge in [0.05, 0.1) is 11.6 Å². The molecule has 5 nitrogen and oxygen atoms in total. The van der Waals surface area contributed by atoms with E-state index in [4.69, 9.17) is 10.5 Å². The first-order chi connectivity index (χ1) is 10.1. The van der Waals surface area contributed by atoms with Gasteiger partial charge in [0, 0.05) is 4.88 Å². The van der Waals surface area contributed by atoms with Crippen LogP contribution < -0.4 is 15.8 Å². The first-order valence-electron chi connectivity index (χ1n) is 6.42. The van der Waals surface area contributed by atoms with E-state index in [1.54, 1.807) is 35.6 Å². The topological polar surface area (TPSA) is 81.4 Å². The van der Waals surface area contributed by atoms with Gasteiger partial charge in [-0.05, 0) is 30.5 Å². The van der Waals surface area contributed by atoms with E-state index in [0.717, 1.165) is 4.88 Å². The molecule has 2 rings (SSSR count). The maximum Gasteiger partial charge on any atom is 0.255 e. The Labute approximate surface area is 126 Å². The number of nitrogens with one attached hydrogen (secondary N) is 1. The number of hydrogen-bond acceptors (Lipinski definition) is 4. The Morgan fingerprint density at radius 3 is 2.71 bits per heavy atom. The van der Waals surface area contributed by atoms with Gasteiger partial charge >= 0.3 is 0 Å². The molecule has 0 bridgehead atoms. The van der Waals surface area contributed by atoms with Gasteiger partial charge in [0.1, 0.15) is 5.75 Å². The zero-order chi connectivity index (χ0) is 15.2. The SMILES string of the molecule is C[C@H](NC(=O)c1ccccc1OCC(N)=O)c1cccs1. The maximum absolute atomic E-state index is 12.3. The van der Waals surface area contributed by atoms with Gasteiger partial charge in [-0.15, -0.1) is 11.3 Å². The summed E-state index contributed by atoms with van der Waals surface area (Å²) in [7, 11) is 0. The number of carbonyl (C=O) groups is 2. The average molecular weight is 304 g/mol. The highest BCUT2D eigenvalue weighted by Gasteiger charge is 2.16. The molecule has 1 aromatic carbocycles.